The molecule has 1 aliphatic heterocycles. The Bertz CT molecular complexity index is 474. The van der Waals surface area contributed by atoms with E-state index in [-0.39, 0.29) is 19.4 Å². The molecule has 1 aromatic rings. The molecule has 2 N–H and O–H groups in total. The third-order valence-corrected chi connectivity index (χ3v) is 3.61. The predicted octanol–water partition coefficient (Wildman–Crippen LogP) is 1.84. The summed E-state index contributed by atoms with van der Waals surface area (Å²) in [4.78, 5) is 16.1. The number of halogens is 2. The second-order valence-electron chi connectivity index (χ2n) is 4.56. The van der Waals surface area contributed by atoms with Gasteiger partial charge in [0, 0.05) is 18.5 Å². The van der Waals surface area contributed by atoms with Crippen LogP contribution >= 0.6 is 15.9 Å². The van der Waals surface area contributed by atoms with Gasteiger partial charge in [-0.15, -0.1) is 0 Å². The Balaban J connectivity index is 2.06. The van der Waals surface area contributed by atoms with Crippen molar-refractivity contribution in [1.29, 1.82) is 0 Å². The number of alkyl halides is 1. The van der Waals surface area contributed by atoms with Gasteiger partial charge in [-0.2, -0.15) is 0 Å². The van der Waals surface area contributed by atoms with Crippen molar-refractivity contribution in [3.8, 4) is 0 Å². The second-order valence-corrected chi connectivity index (χ2v) is 5.37. The molecule has 1 fully saturated rings. The lowest BCUT2D eigenvalue weighted by molar-refractivity contribution is 0.0676. The lowest BCUT2D eigenvalue weighted by atomic mass is 10.0. The molecule has 0 radical (unpaired) electrons. The van der Waals surface area contributed by atoms with Crippen molar-refractivity contribution in [3.63, 3.8) is 0 Å². The molecule has 104 valence electrons. The van der Waals surface area contributed by atoms with Crippen LogP contribution in [0.4, 0.5) is 9.18 Å². The molecule has 2 heterocycles. The van der Waals surface area contributed by atoms with Gasteiger partial charge < -0.3 is 10.2 Å². The number of carboxylic acid groups (broad SMARTS) is 1. The third-order valence-electron chi connectivity index (χ3n) is 3.17. The van der Waals surface area contributed by atoms with Gasteiger partial charge in [0.05, 0.1) is 18.7 Å². The summed E-state index contributed by atoms with van der Waals surface area (Å²) >= 11 is 3.22. The highest BCUT2D eigenvalue weighted by atomic mass is 79.9. The van der Waals surface area contributed by atoms with Gasteiger partial charge in [-0.1, -0.05) is 6.07 Å². The Morgan fingerprint density at radius 3 is 3.00 bits per heavy atom. The number of nitrogens with zero attached hydrogens (tertiary/aromatic N) is 2. The highest BCUT2D eigenvalue weighted by molar-refractivity contribution is 9.10. The normalized spacial score (nSPS) is 24.5. The molecule has 0 spiro atoms. The SMILES string of the molecule is O=C(O)N1CC(F)CC1[C@H](O)Cc1cccc(Br)n1. The van der Waals surface area contributed by atoms with E-state index in [9.17, 15) is 14.3 Å². The number of amides is 1. The van der Waals surface area contributed by atoms with E-state index in [0.29, 0.717) is 10.3 Å². The first-order chi connectivity index (χ1) is 8.97. The Hall–Kier alpha value is -1.21. The number of carbonyl (C=O) groups is 1. The number of hydrogen-bond donors (Lipinski definition) is 2. The summed E-state index contributed by atoms with van der Waals surface area (Å²) in [6.07, 6.45) is -3.15. The maximum Gasteiger partial charge on any atom is 0.407 e. The number of pyridine rings is 1. The maximum absolute atomic E-state index is 13.3. The van der Waals surface area contributed by atoms with Crippen LogP contribution in [0.3, 0.4) is 0 Å². The Kier molecular flexibility index (Phi) is 4.36. The molecule has 0 aromatic carbocycles. The second kappa shape index (κ2) is 5.83. The molecule has 1 aromatic heterocycles. The van der Waals surface area contributed by atoms with E-state index in [4.69, 9.17) is 5.11 Å². The van der Waals surface area contributed by atoms with Crippen LogP contribution in [0, 0.1) is 0 Å². The fourth-order valence-corrected chi connectivity index (χ4v) is 2.69. The molecular weight excluding hydrogens is 319 g/mol. The fourth-order valence-electron chi connectivity index (χ4n) is 2.31. The van der Waals surface area contributed by atoms with Crippen LogP contribution in [-0.2, 0) is 6.42 Å². The lowest BCUT2D eigenvalue weighted by Crippen LogP contribution is -2.43. The van der Waals surface area contributed by atoms with Crippen LogP contribution in [0.5, 0.6) is 0 Å². The van der Waals surface area contributed by atoms with Crippen LogP contribution in [0.1, 0.15) is 12.1 Å². The quantitative estimate of drug-likeness (QED) is 0.828. The molecule has 19 heavy (non-hydrogen) atoms. The van der Waals surface area contributed by atoms with Crippen LogP contribution < -0.4 is 0 Å². The molecule has 2 unspecified atom stereocenters. The number of likely N-dealkylation sites (tertiary alicyclic amines) is 1. The van der Waals surface area contributed by atoms with E-state index in [2.05, 4.69) is 20.9 Å². The number of rotatable bonds is 3. The van der Waals surface area contributed by atoms with Crippen molar-refractivity contribution in [1.82, 2.24) is 9.88 Å². The first kappa shape index (κ1) is 14.2. The van der Waals surface area contributed by atoms with Crippen molar-refractivity contribution in [2.24, 2.45) is 0 Å². The van der Waals surface area contributed by atoms with Crippen molar-refractivity contribution in [3.05, 3.63) is 28.5 Å². The Morgan fingerprint density at radius 2 is 2.37 bits per heavy atom. The molecule has 0 saturated carbocycles. The van der Waals surface area contributed by atoms with E-state index in [1.165, 1.54) is 0 Å². The summed E-state index contributed by atoms with van der Waals surface area (Å²) in [6.45, 7) is -0.178. The number of aliphatic hydroxyl groups excluding tert-OH is 1. The highest BCUT2D eigenvalue weighted by Gasteiger charge is 2.39. The Labute approximate surface area is 118 Å². The van der Waals surface area contributed by atoms with Gasteiger partial charge in [-0.3, -0.25) is 4.90 Å². The summed E-state index contributed by atoms with van der Waals surface area (Å²) in [7, 11) is 0. The summed E-state index contributed by atoms with van der Waals surface area (Å²) in [5.74, 6) is 0. The van der Waals surface area contributed by atoms with Crippen molar-refractivity contribution < 1.29 is 19.4 Å². The molecule has 1 amide bonds. The Morgan fingerprint density at radius 1 is 1.63 bits per heavy atom. The van der Waals surface area contributed by atoms with E-state index in [1.807, 2.05) is 0 Å². The standard InChI is InChI=1S/C12H14BrFN2O3/c13-11-3-1-2-8(15-11)5-10(17)9-4-7(14)6-16(9)12(18)19/h1-3,7,9-10,17H,4-6H2,(H,18,19)/t7?,9?,10-/m1/s1. The minimum atomic E-state index is -1.22. The highest BCUT2D eigenvalue weighted by Crippen LogP contribution is 2.24. The zero-order valence-electron chi connectivity index (χ0n) is 10.0. The summed E-state index contributed by atoms with van der Waals surface area (Å²) in [6, 6.07) is 4.56. The first-order valence-electron chi connectivity index (χ1n) is 5.90. The van der Waals surface area contributed by atoms with E-state index in [0.717, 1.165) is 4.90 Å². The van der Waals surface area contributed by atoms with E-state index < -0.39 is 24.4 Å². The average molecular weight is 333 g/mol. The summed E-state index contributed by atoms with van der Waals surface area (Å²) in [5, 5.41) is 19.1. The molecule has 1 aliphatic rings. The number of aliphatic hydroxyl groups is 1. The summed E-state index contributed by atoms with van der Waals surface area (Å²) < 4.78 is 13.9. The third kappa shape index (κ3) is 3.42. The molecular formula is C12H14BrFN2O3. The first-order valence-corrected chi connectivity index (χ1v) is 6.70. The van der Waals surface area contributed by atoms with Gasteiger partial charge in [0.2, 0.25) is 0 Å². The molecule has 7 heteroatoms. The van der Waals surface area contributed by atoms with Gasteiger partial charge in [0.15, 0.2) is 0 Å². The topological polar surface area (TPSA) is 73.7 Å². The van der Waals surface area contributed by atoms with Gasteiger partial charge in [-0.05, 0) is 28.1 Å². The van der Waals surface area contributed by atoms with Crippen molar-refractivity contribution >= 4 is 22.0 Å². The monoisotopic (exact) mass is 332 g/mol. The molecule has 0 aliphatic carbocycles. The maximum atomic E-state index is 13.3. The zero-order valence-corrected chi connectivity index (χ0v) is 11.6. The minimum absolute atomic E-state index is 0.0292. The van der Waals surface area contributed by atoms with E-state index >= 15 is 0 Å². The molecule has 1 saturated heterocycles. The van der Waals surface area contributed by atoms with Gasteiger partial charge in [-0.25, -0.2) is 14.2 Å². The lowest BCUT2D eigenvalue weighted by Gasteiger charge is -2.25. The van der Waals surface area contributed by atoms with Crippen LogP contribution in [0.2, 0.25) is 0 Å². The number of hydrogen-bond acceptors (Lipinski definition) is 3. The van der Waals surface area contributed by atoms with Crippen LogP contribution in [0.15, 0.2) is 22.8 Å². The fraction of sp³-hybridized carbons (Fsp3) is 0.500. The van der Waals surface area contributed by atoms with Gasteiger partial charge in [0.1, 0.15) is 10.8 Å². The van der Waals surface area contributed by atoms with Crippen LogP contribution in [-0.4, -0.2) is 51.1 Å². The van der Waals surface area contributed by atoms with Crippen molar-refractivity contribution in [2.45, 2.75) is 31.2 Å². The molecule has 3 atom stereocenters. The molecule has 2 rings (SSSR count). The van der Waals surface area contributed by atoms with Crippen LogP contribution in [0.25, 0.3) is 0 Å². The smallest absolute Gasteiger partial charge is 0.407 e. The van der Waals surface area contributed by atoms with E-state index in [1.54, 1.807) is 18.2 Å². The summed E-state index contributed by atoms with van der Waals surface area (Å²) in [5.41, 5.74) is 0.634. The predicted molar refractivity (Wildman–Crippen MR) is 69.7 cm³/mol. The number of aromatic nitrogens is 1. The average Bonchev–Trinajstić information content (AvgIpc) is 2.71. The van der Waals surface area contributed by atoms with Crippen molar-refractivity contribution in [2.75, 3.05) is 6.54 Å². The van der Waals surface area contributed by atoms with Gasteiger partial charge in [0.25, 0.3) is 0 Å². The minimum Gasteiger partial charge on any atom is -0.465 e. The largest absolute Gasteiger partial charge is 0.465 e. The van der Waals surface area contributed by atoms with Gasteiger partial charge >= 0.3 is 6.09 Å². The zero-order chi connectivity index (χ0) is 14.0. The molecule has 0 bridgehead atoms. The molecule has 5 nitrogen and oxygen atoms in total.